The van der Waals surface area contributed by atoms with E-state index in [2.05, 4.69) is 87.6 Å². The number of rotatable bonds is 6. The van der Waals surface area contributed by atoms with Crippen LogP contribution in [0.1, 0.15) is 22.0 Å². The Labute approximate surface area is 159 Å². The predicted octanol–water partition coefficient (Wildman–Crippen LogP) is 4.35. The molecule has 26 heavy (non-hydrogen) atoms. The molecule has 1 saturated heterocycles. The van der Waals surface area contributed by atoms with Crippen LogP contribution in [-0.4, -0.2) is 31.1 Å². The first kappa shape index (κ1) is 17.3. The van der Waals surface area contributed by atoms with Gasteiger partial charge in [0.15, 0.2) is 0 Å². The van der Waals surface area contributed by atoms with E-state index in [1.165, 1.54) is 21.7 Å². The molecule has 2 heterocycles. The molecule has 0 radical (unpaired) electrons. The fourth-order valence-electron chi connectivity index (χ4n) is 3.53. The van der Waals surface area contributed by atoms with Gasteiger partial charge in [0.2, 0.25) is 0 Å². The summed E-state index contributed by atoms with van der Waals surface area (Å²) in [5.41, 5.74) is 3.84. The number of thiophene rings is 1. The summed E-state index contributed by atoms with van der Waals surface area (Å²) in [4.78, 5) is 4.02. The summed E-state index contributed by atoms with van der Waals surface area (Å²) in [6.45, 7) is 5.18. The monoisotopic (exact) mass is 363 g/mol. The maximum Gasteiger partial charge on any atom is 0.0696 e. The van der Waals surface area contributed by atoms with E-state index in [-0.39, 0.29) is 0 Å². The largest absolute Gasteiger partial charge is 0.381 e. The molecule has 0 aliphatic carbocycles. The molecule has 0 amide bonds. The summed E-state index contributed by atoms with van der Waals surface area (Å²) in [5, 5.41) is 9.16. The zero-order valence-corrected chi connectivity index (χ0v) is 15.7. The molecule has 4 rings (SSSR count). The first-order valence-corrected chi connectivity index (χ1v) is 10.1. The Morgan fingerprint density at radius 1 is 0.923 bits per heavy atom. The van der Waals surface area contributed by atoms with Crippen LogP contribution in [-0.2, 0) is 6.54 Å². The minimum Gasteiger partial charge on any atom is -0.381 e. The molecular formula is C22H25N3S. The average Bonchev–Trinajstić information content (AvgIpc) is 3.23. The summed E-state index contributed by atoms with van der Waals surface area (Å²) in [6, 6.07) is 24.3. The van der Waals surface area contributed by atoms with Gasteiger partial charge in [-0.25, -0.2) is 0 Å². The third-order valence-corrected chi connectivity index (χ3v) is 5.82. The van der Waals surface area contributed by atoms with Crippen molar-refractivity contribution in [1.82, 2.24) is 10.2 Å². The van der Waals surface area contributed by atoms with Gasteiger partial charge in [0.05, 0.1) is 6.04 Å². The normalized spacial score (nSPS) is 16.3. The van der Waals surface area contributed by atoms with Gasteiger partial charge in [-0.15, -0.1) is 11.3 Å². The van der Waals surface area contributed by atoms with Crippen LogP contribution < -0.4 is 10.6 Å². The molecule has 2 aromatic carbocycles. The van der Waals surface area contributed by atoms with E-state index in [0.29, 0.717) is 6.04 Å². The minimum absolute atomic E-state index is 0.361. The fourth-order valence-corrected chi connectivity index (χ4v) is 4.41. The highest BCUT2D eigenvalue weighted by Crippen LogP contribution is 2.32. The Morgan fingerprint density at radius 3 is 2.38 bits per heavy atom. The molecule has 1 aromatic heterocycles. The average molecular weight is 364 g/mol. The Morgan fingerprint density at radius 2 is 1.69 bits per heavy atom. The number of hydrogen-bond acceptors (Lipinski definition) is 4. The van der Waals surface area contributed by atoms with E-state index < -0.39 is 0 Å². The molecule has 1 fully saturated rings. The molecule has 3 nitrogen and oxygen atoms in total. The van der Waals surface area contributed by atoms with Gasteiger partial charge in [0.1, 0.15) is 0 Å². The van der Waals surface area contributed by atoms with E-state index in [1.54, 1.807) is 0 Å². The van der Waals surface area contributed by atoms with Crippen molar-refractivity contribution >= 4 is 17.0 Å². The van der Waals surface area contributed by atoms with Gasteiger partial charge >= 0.3 is 0 Å². The van der Waals surface area contributed by atoms with Gasteiger partial charge in [-0.2, -0.15) is 0 Å². The van der Waals surface area contributed by atoms with Crippen molar-refractivity contribution in [2.24, 2.45) is 0 Å². The second kappa shape index (κ2) is 8.49. The summed E-state index contributed by atoms with van der Waals surface area (Å²) in [6.07, 6.45) is 0. The molecule has 0 saturated carbocycles. The van der Waals surface area contributed by atoms with Crippen molar-refractivity contribution in [1.29, 1.82) is 0 Å². The van der Waals surface area contributed by atoms with Crippen molar-refractivity contribution in [3.63, 3.8) is 0 Å². The zero-order chi connectivity index (χ0) is 17.6. The summed E-state index contributed by atoms with van der Waals surface area (Å²) >= 11 is 1.85. The Bertz CT molecular complexity index is 778. The topological polar surface area (TPSA) is 27.3 Å². The maximum absolute atomic E-state index is 3.52. The van der Waals surface area contributed by atoms with Gasteiger partial charge in [0.25, 0.3) is 0 Å². The molecule has 4 heteroatoms. The van der Waals surface area contributed by atoms with Gasteiger partial charge in [-0.3, -0.25) is 4.90 Å². The number of anilines is 1. The molecule has 134 valence electrons. The molecule has 1 atom stereocenters. The van der Waals surface area contributed by atoms with Gasteiger partial charge in [-0.1, -0.05) is 48.5 Å². The van der Waals surface area contributed by atoms with Crippen LogP contribution in [0.15, 0.2) is 72.1 Å². The van der Waals surface area contributed by atoms with E-state index in [0.717, 1.165) is 32.7 Å². The number of piperazine rings is 1. The predicted molar refractivity (Wildman–Crippen MR) is 111 cm³/mol. The first-order valence-electron chi connectivity index (χ1n) is 9.26. The van der Waals surface area contributed by atoms with Crippen molar-refractivity contribution in [2.45, 2.75) is 12.6 Å². The molecule has 0 spiro atoms. The van der Waals surface area contributed by atoms with Crippen LogP contribution in [0.2, 0.25) is 0 Å². The van der Waals surface area contributed by atoms with Gasteiger partial charge < -0.3 is 10.6 Å². The van der Waals surface area contributed by atoms with E-state index in [1.807, 2.05) is 11.3 Å². The van der Waals surface area contributed by atoms with Crippen LogP contribution in [0.4, 0.5) is 5.69 Å². The highest BCUT2D eigenvalue weighted by molar-refractivity contribution is 7.10. The number of nitrogens with one attached hydrogen (secondary N) is 2. The highest BCUT2D eigenvalue weighted by atomic mass is 32.1. The molecule has 1 aliphatic rings. The van der Waals surface area contributed by atoms with Crippen LogP contribution in [0.5, 0.6) is 0 Å². The summed E-state index contributed by atoms with van der Waals surface area (Å²) in [5.74, 6) is 0. The van der Waals surface area contributed by atoms with Crippen LogP contribution >= 0.6 is 11.3 Å². The SMILES string of the molecule is c1ccc(CNc2ccc([C@@H](c3cccs3)N3CCNCC3)cc2)cc1. The Balaban J connectivity index is 1.49. The summed E-state index contributed by atoms with van der Waals surface area (Å²) in [7, 11) is 0. The van der Waals surface area contributed by atoms with Gasteiger partial charge in [-0.05, 0) is 34.7 Å². The van der Waals surface area contributed by atoms with E-state index in [9.17, 15) is 0 Å². The second-order valence-corrected chi connectivity index (χ2v) is 7.64. The number of benzene rings is 2. The van der Waals surface area contributed by atoms with Crippen molar-refractivity contribution in [2.75, 3.05) is 31.5 Å². The second-order valence-electron chi connectivity index (χ2n) is 6.67. The Hall–Kier alpha value is -2.14. The zero-order valence-electron chi connectivity index (χ0n) is 14.9. The van der Waals surface area contributed by atoms with E-state index in [4.69, 9.17) is 0 Å². The third-order valence-electron chi connectivity index (χ3n) is 4.90. The maximum atomic E-state index is 3.52. The lowest BCUT2D eigenvalue weighted by Crippen LogP contribution is -2.45. The highest BCUT2D eigenvalue weighted by Gasteiger charge is 2.24. The first-order chi connectivity index (χ1) is 12.9. The van der Waals surface area contributed by atoms with Crippen molar-refractivity contribution in [3.8, 4) is 0 Å². The smallest absolute Gasteiger partial charge is 0.0696 e. The molecule has 1 aliphatic heterocycles. The molecule has 3 aromatic rings. The Kier molecular flexibility index (Phi) is 5.65. The third kappa shape index (κ3) is 4.15. The summed E-state index contributed by atoms with van der Waals surface area (Å²) < 4.78 is 0. The number of nitrogens with zero attached hydrogens (tertiary/aromatic N) is 1. The quantitative estimate of drug-likeness (QED) is 0.682. The lowest BCUT2D eigenvalue weighted by atomic mass is 10.0. The molecule has 0 unspecified atom stereocenters. The lowest BCUT2D eigenvalue weighted by Gasteiger charge is -2.34. The standard InChI is InChI=1S/C22H25N3S/c1-2-5-18(6-3-1)17-24-20-10-8-19(9-11-20)22(21-7-4-16-26-21)25-14-12-23-13-15-25/h1-11,16,22-24H,12-15,17H2/t22-/m0/s1. The van der Waals surface area contributed by atoms with Crippen LogP contribution in [0, 0.1) is 0 Å². The molecule has 2 N–H and O–H groups in total. The van der Waals surface area contributed by atoms with Crippen LogP contribution in [0.3, 0.4) is 0 Å². The van der Waals surface area contributed by atoms with Gasteiger partial charge in [0, 0.05) is 43.3 Å². The van der Waals surface area contributed by atoms with Crippen molar-refractivity contribution < 1.29 is 0 Å². The number of hydrogen-bond donors (Lipinski definition) is 2. The lowest BCUT2D eigenvalue weighted by molar-refractivity contribution is 0.200. The molecule has 0 bridgehead atoms. The van der Waals surface area contributed by atoms with Crippen LogP contribution in [0.25, 0.3) is 0 Å². The van der Waals surface area contributed by atoms with Crippen molar-refractivity contribution in [3.05, 3.63) is 88.1 Å². The molecular weight excluding hydrogens is 338 g/mol. The minimum atomic E-state index is 0.361. The fraction of sp³-hybridized carbons (Fsp3) is 0.273. The van der Waals surface area contributed by atoms with E-state index >= 15 is 0 Å².